The van der Waals surface area contributed by atoms with Crippen molar-refractivity contribution in [1.82, 2.24) is 10.4 Å². The van der Waals surface area contributed by atoms with Crippen LogP contribution in [0.1, 0.15) is 31.9 Å². The number of alkyl carbamates (subject to hydrolysis) is 1. The summed E-state index contributed by atoms with van der Waals surface area (Å²) in [5.41, 5.74) is 0.551. The number of likely N-dealkylation sites (N-methyl/N-ethyl adjacent to an activating group) is 1. The van der Waals surface area contributed by atoms with Gasteiger partial charge in [-0.05, 0) is 38.5 Å². The van der Waals surface area contributed by atoms with Crippen molar-refractivity contribution in [2.45, 2.75) is 38.8 Å². The Morgan fingerprint density at radius 1 is 1.38 bits per heavy atom. The molecular weight excluding hydrogens is 310 g/mol. The summed E-state index contributed by atoms with van der Waals surface area (Å²) in [5.74, 6) is -0.425. The molecule has 1 rings (SSSR count). The molecule has 0 radical (unpaired) electrons. The van der Waals surface area contributed by atoms with E-state index in [1.165, 1.54) is 14.2 Å². The van der Waals surface area contributed by atoms with Crippen LogP contribution in [-0.4, -0.2) is 42.9 Å². The van der Waals surface area contributed by atoms with Gasteiger partial charge in [-0.2, -0.15) is 5.26 Å². The number of carbonyl (C=O) groups excluding carboxylic acids is 2. The van der Waals surface area contributed by atoms with E-state index in [0.717, 1.165) is 10.6 Å². The molecule has 0 aliphatic carbocycles. The van der Waals surface area contributed by atoms with Crippen LogP contribution in [0.4, 0.5) is 4.79 Å². The number of nitrogens with one attached hydrogen (secondary N) is 1. The van der Waals surface area contributed by atoms with E-state index in [1.807, 2.05) is 6.07 Å². The van der Waals surface area contributed by atoms with Crippen molar-refractivity contribution in [1.29, 1.82) is 5.26 Å². The second kappa shape index (κ2) is 8.31. The number of amides is 2. The third-order valence-electron chi connectivity index (χ3n) is 3.07. The summed E-state index contributed by atoms with van der Waals surface area (Å²) < 4.78 is 5.20. The molecule has 0 fully saturated rings. The molecule has 1 aromatic carbocycles. The van der Waals surface area contributed by atoms with E-state index >= 15 is 0 Å². The van der Waals surface area contributed by atoms with Crippen molar-refractivity contribution < 1.29 is 19.2 Å². The SMILES string of the molecule is CON(C)C(=O)[C@@H](Cc1cccc(C#N)c1)NC(=O)OC(C)(C)C. The van der Waals surface area contributed by atoms with Crippen LogP contribution in [0.5, 0.6) is 0 Å². The summed E-state index contributed by atoms with van der Waals surface area (Å²) in [4.78, 5) is 29.3. The molecule has 0 heterocycles. The molecule has 24 heavy (non-hydrogen) atoms. The summed E-state index contributed by atoms with van der Waals surface area (Å²) in [6.45, 7) is 5.21. The smallest absolute Gasteiger partial charge is 0.408 e. The number of hydrogen-bond acceptors (Lipinski definition) is 5. The molecule has 1 aromatic rings. The average Bonchev–Trinajstić information content (AvgIpc) is 2.51. The molecule has 0 unspecified atom stereocenters. The van der Waals surface area contributed by atoms with E-state index in [4.69, 9.17) is 14.8 Å². The van der Waals surface area contributed by atoms with E-state index < -0.39 is 23.6 Å². The average molecular weight is 333 g/mol. The Kier molecular flexibility index (Phi) is 6.74. The Hall–Kier alpha value is -2.59. The topological polar surface area (TPSA) is 91.7 Å². The second-order valence-electron chi connectivity index (χ2n) is 6.23. The highest BCUT2D eigenvalue weighted by Crippen LogP contribution is 2.11. The Morgan fingerprint density at radius 3 is 2.58 bits per heavy atom. The first-order valence-electron chi connectivity index (χ1n) is 7.46. The van der Waals surface area contributed by atoms with Gasteiger partial charge in [0.05, 0.1) is 18.7 Å². The molecule has 0 aliphatic rings. The highest BCUT2D eigenvalue weighted by Gasteiger charge is 2.27. The lowest BCUT2D eigenvalue weighted by molar-refractivity contribution is -0.171. The molecule has 1 N–H and O–H groups in total. The van der Waals surface area contributed by atoms with Gasteiger partial charge < -0.3 is 10.1 Å². The molecule has 130 valence electrons. The van der Waals surface area contributed by atoms with E-state index in [1.54, 1.807) is 45.0 Å². The zero-order valence-electron chi connectivity index (χ0n) is 14.6. The van der Waals surface area contributed by atoms with Gasteiger partial charge in [-0.1, -0.05) is 12.1 Å². The van der Waals surface area contributed by atoms with Crippen molar-refractivity contribution in [3.05, 3.63) is 35.4 Å². The third kappa shape index (κ3) is 6.26. The molecule has 2 amide bonds. The molecule has 0 saturated carbocycles. The van der Waals surface area contributed by atoms with Gasteiger partial charge in [-0.3, -0.25) is 9.63 Å². The van der Waals surface area contributed by atoms with Crippen LogP contribution in [0.3, 0.4) is 0 Å². The van der Waals surface area contributed by atoms with Crippen LogP contribution < -0.4 is 5.32 Å². The fourth-order valence-corrected chi connectivity index (χ4v) is 1.96. The third-order valence-corrected chi connectivity index (χ3v) is 3.07. The number of hydroxylamine groups is 2. The second-order valence-corrected chi connectivity index (χ2v) is 6.23. The maximum absolute atomic E-state index is 12.4. The minimum absolute atomic E-state index is 0.210. The van der Waals surface area contributed by atoms with Gasteiger partial charge in [-0.15, -0.1) is 0 Å². The van der Waals surface area contributed by atoms with Crippen molar-refractivity contribution >= 4 is 12.0 Å². The fraction of sp³-hybridized carbons (Fsp3) is 0.471. The molecule has 7 heteroatoms. The quantitative estimate of drug-likeness (QED) is 0.832. The molecule has 0 bridgehead atoms. The number of ether oxygens (including phenoxy) is 1. The Labute approximate surface area is 142 Å². The number of rotatable bonds is 5. The summed E-state index contributed by atoms with van der Waals surface area (Å²) in [6.07, 6.45) is -0.483. The summed E-state index contributed by atoms with van der Waals surface area (Å²) in [7, 11) is 2.82. The molecule has 0 aliphatic heterocycles. The lowest BCUT2D eigenvalue weighted by atomic mass is 10.0. The van der Waals surface area contributed by atoms with Gasteiger partial charge in [0, 0.05) is 13.5 Å². The summed E-state index contributed by atoms with van der Waals surface area (Å²) >= 11 is 0. The molecule has 0 aromatic heterocycles. The van der Waals surface area contributed by atoms with Gasteiger partial charge in [0.25, 0.3) is 5.91 Å². The monoisotopic (exact) mass is 333 g/mol. The van der Waals surface area contributed by atoms with E-state index in [2.05, 4.69) is 5.32 Å². The van der Waals surface area contributed by atoms with Crippen LogP contribution in [0.25, 0.3) is 0 Å². The maximum Gasteiger partial charge on any atom is 0.408 e. The molecule has 0 saturated heterocycles. The van der Waals surface area contributed by atoms with Crippen molar-refractivity contribution in [2.24, 2.45) is 0 Å². The van der Waals surface area contributed by atoms with E-state index in [-0.39, 0.29) is 6.42 Å². The number of nitriles is 1. The number of carbonyl (C=O) groups is 2. The van der Waals surface area contributed by atoms with Crippen LogP contribution >= 0.6 is 0 Å². The predicted octanol–water partition coefficient (Wildman–Crippen LogP) is 2.01. The summed E-state index contributed by atoms with van der Waals surface area (Å²) in [5, 5.41) is 12.6. The number of benzene rings is 1. The minimum Gasteiger partial charge on any atom is -0.444 e. The zero-order valence-corrected chi connectivity index (χ0v) is 14.6. The van der Waals surface area contributed by atoms with Gasteiger partial charge in [-0.25, -0.2) is 9.86 Å². The normalized spacial score (nSPS) is 12.0. The van der Waals surface area contributed by atoms with Crippen LogP contribution in [0, 0.1) is 11.3 Å². The lowest BCUT2D eigenvalue weighted by Crippen LogP contribution is -2.49. The first-order chi connectivity index (χ1) is 11.2. The Morgan fingerprint density at radius 2 is 2.04 bits per heavy atom. The van der Waals surface area contributed by atoms with Crippen molar-refractivity contribution in [3.8, 4) is 6.07 Å². The van der Waals surface area contributed by atoms with Gasteiger partial charge >= 0.3 is 6.09 Å². The lowest BCUT2D eigenvalue weighted by Gasteiger charge is -2.25. The van der Waals surface area contributed by atoms with E-state index in [9.17, 15) is 9.59 Å². The van der Waals surface area contributed by atoms with Crippen molar-refractivity contribution in [3.63, 3.8) is 0 Å². The highest BCUT2D eigenvalue weighted by atomic mass is 16.7. The van der Waals surface area contributed by atoms with Gasteiger partial charge in [0.15, 0.2) is 0 Å². The van der Waals surface area contributed by atoms with Gasteiger partial charge in [0.2, 0.25) is 0 Å². The zero-order chi connectivity index (χ0) is 18.3. The molecule has 0 spiro atoms. The van der Waals surface area contributed by atoms with Crippen molar-refractivity contribution in [2.75, 3.05) is 14.2 Å². The van der Waals surface area contributed by atoms with Crippen LogP contribution in [-0.2, 0) is 20.8 Å². The minimum atomic E-state index is -0.876. The molecular formula is C17H23N3O4. The standard InChI is InChI=1S/C17H23N3O4/c1-17(2,3)24-16(22)19-14(15(21)20(4)23-5)10-12-7-6-8-13(9-12)11-18/h6-9,14H,10H2,1-5H3,(H,19,22)/t14-/m1/s1. The first kappa shape index (κ1) is 19.5. The largest absolute Gasteiger partial charge is 0.444 e. The Balaban J connectivity index is 2.94. The molecule has 7 nitrogen and oxygen atoms in total. The first-order valence-corrected chi connectivity index (χ1v) is 7.46. The van der Waals surface area contributed by atoms with E-state index in [0.29, 0.717) is 5.56 Å². The maximum atomic E-state index is 12.4. The van der Waals surface area contributed by atoms with Gasteiger partial charge in [0.1, 0.15) is 11.6 Å². The predicted molar refractivity (Wildman–Crippen MR) is 87.8 cm³/mol. The Bertz CT molecular complexity index is 631. The van der Waals surface area contributed by atoms with Crippen LogP contribution in [0.15, 0.2) is 24.3 Å². The highest BCUT2D eigenvalue weighted by molar-refractivity contribution is 5.85. The number of nitrogens with zero attached hydrogens (tertiary/aromatic N) is 2. The summed E-state index contributed by atoms with van der Waals surface area (Å²) in [6, 6.07) is 8.01. The molecule has 1 atom stereocenters. The van der Waals surface area contributed by atoms with Crippen LogP contribution in [0.2, 0.25) is 0 Å². The number of hydrogen-bond donors (Lipinski definition) is 1. The fourth-order valence-electron chi connectivity index (χ4n) is 1.96.